The van der Waals surface area contributed by atoms with Gasteiger partial charge in [0.1, 0.15) is 5.75 Å². The van der Waals surface area contributed by atoms with E-state index in [0.29, 0.717) is 42.4 Å². The van der Waals surface area contributed by atoms with Gasteiger partial charge < -0.3 is 23.7 Å². The van der Waals surface area contributed by atoms with Crippen molar-refractivity contribution >= 4 is 28.8 Å². The molecule has 0 aliphatic heterocycles. The van der Waals surface area contributed by atoms with E-state index in [4.69, 9.17) is 14.2 Å². The van der Waals surface area contributed by atoms with Crippen LogP contribution < -0.4 is 14.2 Å². The minimum absolute atomic E-state index is 0.132. The normalized spacial score (nSPS) is 11.5. The standard InChI is InChI=1S/C29H29F3N2O4S/c1-5-33(6-2)28(35)38-25-13-11-23-22(27(25)20-10-12-24(36-3)26(17-20)37-4)14-15-34(23)18-19-8-7-9-21(16-19)39-29(30,31)32/h7-17H,5-6,18H2,1-4H3. The molecule has 0 spiro atoms. The third kappa shape index (κ3) is 6.44. The minimum Gasteiger partial charge on any atom is -0.493 e. The van der Waals surface area contributed by atoms with Gasteiger partial charge in [-0.15, -0.1) is 0 Å². The van der Waals surface area contributed by atoms with Crippen molar-refractivity contribution in [1.82, 2.24) is 9.47 Å². The van der Waals surface area contributed by atoms with Crippen molar-refractivity contribution in [1.29, 1.82) is 0 Å². The van der Waals surface area contributed by atoms with Crippen LogP contribution in [0.1, 0.15) is 19.4 Å². The molecule has 0 fully saturated rings. The Kier molecular flexibility index (Phi) is 8.64. The molecule has 0 unspecified atom stereocenters. The van der Waals surface area contributed by atoms with Gasteiger partial charge in [0.05, 0.1) is 14.2 Å². The SMILES string of the molecule is CCN(CC)C(=O)Oc1ccc2c(ccn2Cc2cccc(SC(F)(F)F)c2)c1-c1ccc(OC)c(OC)c1. The van der Waals surface area contributed by atoms with Gasteiger partial charge >= 0.3 is 11.6 Å². The molecule has 0 aliphatic carbocycles. The van der Waals surface area contributed by atoms with Crippen LogP contribution in [0.25, 0.3) is 22.0 Å². The van der Waals surface area contributed by atoms with E-state index in [1.807, 2.05) is 48.9 Å². The van der Waals surface area contributed by atoms with Crippen LogP contribution in [-0.2, 0) is 6.54 Å². The fourth-order valence-corrected chi connectivity index (χ4v) is 5.07. The fraction of sp³-hybridized carbons (Fsp3) is 0.276. The fourth-order valence-electron chi connectivity index (χ4n) is 4.44. The van der Waals surface area contributed by atoms with E-state index in [-0.39, 0.29) is 16.7 Å². The van der Waals surface area contributed by atoms with Crippen molar-refractivity contribution in [3.8, 4) is 28.4 Å². The molecule has 0 saturated heterocycles. The molecule has 0 aliphatic rings. The molecule has 39 heavy (non-hydrogen) atoms. The minimum atomic E-state index is -4.36. The zero-order valence-electron chi connectivity index (χ0n) is 22.0. The molecule has 10 heteroatoms. The predicted octanol–water partition coefficient (Wildman–Crippen LogP) is 7.83. The van der Waals surface area contributed by atoms with Crippen LogP contribution in [0.3, 0.4) is 0 Å². The van der Waals surface area contributed by atoms with Gasteiger partial charge in [0.2, 0.25) is 0 Å². The van der Waals surface area contributed by atoms with E-state index in [2.05, 4.69) is 0 Å². The molecule has 0 atom stereocenters. The number of hydrogen-bond acceptors (Lipinski definition) is 5. The Morgan fingerprint density at radius 3 is 2.31 bits per heavy atom. The Hall–Kier alpha value is -3.79. The van der Waals surface area contributed by atoms with Gasteiger partial charge in [-0.1, -0.05) is 18.2 Å². The first-order valence-electron chi connectivity index (χ1n) is 12.3. The first-order chi connectivity index (χ1) is 18.7. The lowest BCUT2D eigenvalue weighted by molar-refractivity contribution is -0.0328. The Morgan fingerprint density at radius 1 is 0.923 bits per heavy atom. The number of carbonyl (C=O) groups excluding carboxylic acids is 1. The molecule has 4 aromatic rings. The van der Waals surface area contributed by atoms with Crippen LogP contribution in [0, 0.1) is 0 Å². The van der Waals surface area contributed by atoms with Crippen molar-refractivity contribution < 1.29 is 32.2 Å². The van der Waals surface area contributed by atoms with Crippen molar-refractivity contribution in [3.05, 3.63) is 72.4 Å². The third-order valence-electron chi connectivity index (χ3n) is 6.29. The number of fused-ring (bicyclic) bond motifs is 1. The largest absolute Gasteiger partial charge is 0.493 e. The summed E-state index contributed by atoms with van der Waals surface area (Å²) in [7, 11) is 3.10. The molecule has 6 nitrogen and oxygen atoms in total. The number of nitrogens with zero attached hydrogens (tertiary/aromatic N) is 2. The summed E-state index contributed by atoms with van der Waals surface area (Å²) in [5.41, 5.74) is -1.36. The highest BCUT2D eigenvalue weighted by molar-refractivity contribution is 8.00. The number of ether oxygens (including phenoxy) is 3. The Balaban J connectivity index is 1.80. The molecule has 0 bridgehead atoms. The van der Waals surface area contributed by atoms with Crippen LogP contribution in [0.4, 0.5) is 18.0 Å². The maximum atomic E-state index is 12.9. The highest BCUT2D eigenvalue weighted by Crippen LogP contribution is 2.42. The third-order valence-corrected chi connectivity index (χ3v) is 7.01. The van der Waals surface area contributed by atoms with Crippen LogP contribution >= 0.6 is 11.8 Å². The van der Waals surface area contributed by atoms with E-state index >= 15 is 0 Å². The Bertz CT molecular complexity index is 1460. The molecule has 0 saturated carbocycles. The summed E-state index contributed by atoms with van der Waals surface area (Å²) in [4.78, 5) is 14.6. The van der Waals surface area contributed by atoms with Crippen molar-refractivity contribution in [2.45, 2.75) is 30.8 Å². The number of rotatable bonds is 9. The number of methoxy groups -OCH3 is 2. The summed E-state index contributed by atoms with van der Waals surface area (Å²) in [5, 5.41) is 0.813. The van der Waals surface area contributed by atoms with E-state index in [0.717, 1.165) is 22.0 Å². The van der Waals surface area contributed by atoms with Gasteiger partial charge in [0.15, 0.2) is 11.5 Å². The van der Waals surface area contributed by atoms with Crippen LogP contribution in [-0.4, -0.2) is 48.4 Å². The molecule has 3 aromatic carbocycles. The molecule has 4 rings (SSSR count). The van der Waals surface area contributed by atoms with Gasteiger partial charge in [0.25, 0.3) is 0 Å². The quantitative estimate of drug-likeness (QED) is 0.196. The van der Waals surface area contributed by atoms with Gasteiger partial charge in [-0.3, -0.25) is 0 Å². The van der Waals surface area contributed by atoms with E-state index in [1.54, 1.807) is 49.5 Å². The molecular formula is C29H29F3N2O4S. The second-order valence-electron chi connectivity index (χ2n) is 8.62. The van der Waals surface area contributed by atoms with Crippen LogP contribution in [0.2, 0.25) is 0 Å². The molecule has 0 radical (unpaired) electrons. The van der Waals surface area contributed by atoms with Crippen LogP contribution in [0.5, 0.6) is 17.2 Å². The topological polar surface area (TPSA) is 52.9 Å². The van der Waals surface area contributed by atoms with E-state index in [9.17, 15) is 18.0 Å². The molecule has 1 heterocycles. The lowest BCUT2D eigenvalue weighted by atomic mass is 10.00. The summed E-state index contributed by atoms with van der Waals surface area (Å²) in [6.07, 6.45) is 1.41. The first kappa shape index (κ1) is 28.2. The number of thioether (sulfide) groups is 1. The number of aromatic nitrogens is 1. The lowest BCUT2D eigenvalue weighted by Gasteiger charge is -2.20. The molecule has 1 aromatic heterocycles. The predicted molar refractivity (Wildman–Crippen MR) is 147 cm³/mol. The maximum absolute atomic E-state index is 12.9. The molecule has 206 valence electrons. The van der Waals surface area contributed by atoms with E-state index in [1.165, 1.54) is 6.07 Å². The Labute approximate surface area is 229 Å². The number of halogens is 3. The summed E-state index contributed by atoms with van der Waals surface area (Å²) < 4.78 is 57.4. The second-order valence-corrected chi connectivity index (χ2v) is 9.76. The highest BCUT2D eigenvalue weighted by Gasteiger charge is 2.29. The number of benzene rings is 3. The van der Waals surface area contributed by atoms with Gasteiger partial charge in [-0.05, 0) is 79.2 Å². The number of carbonyl (C=O) groups is 1. The highest BCUT2D eigenvalue weighted by atomic mass is 32.2. The summed E-state index contributed by atoms with van der Waals surface area (Å²) >= 11 is -0.133. The average Bonchev–Trinajstić information content (AvgIpc) is 3.30. The summed E-state index contributed by atoms with van der Waals surface area (Å²) in [6.45, 7) is 5.13. The van der Waals surface area contributed by atoms with Crippen molar-refractivity contribution in [3.63, 3.8) is 0 Å². The number of hydrogen-bond donors (Lipinski definition) is 0. The monoisotopic (exact) mass is 558 g/mol. The van der Waals surface area contributed by atoms with Crippen LogP contribution in [0.15, 0.2) is 71.8 Å². The average molecular weight is 559 g/mol. The summed E-state index contributed by atoms with van der Waals surface area (Å²) in [6, 6.07) is 17.4. The maximum Gasteiger partial charge on any atom is 0.446 e. The van der Waals surface area contributed by atoms with E-state index < -0.39 is 11.6 Å². The zero-order chi connectivity index (χ0) is 28.2. The zero-order valence-corrected chi connectivity index (χ0v) is 22.9. The molecule has 0 N–H and O–H groups in total. The second kappa shape index (κ2) is 11.9. The Morgan fingerprint density at radius 2 is 1.64 bits per heavy atom. The van der Waals surface area contributed by atoms with Crippen molar-refractivity contribution in [2.75, 3.05) is 27.3 Å². The van der Waals surface area contributed by atoms with Crippen molar-refractivity contribution in [2.24, 2.45) is 0 Å². The van der Waals surface area contributed by atoms with Gasteiger partial charge in [0, 0.05) is 47.2 Å². The lowest BCUT2D eigenvalue weighted by Crippen LogP contribution is -2.33. The van der Waals surface area contributed by atoms with Gasteiger partial charge in [-0.2, -0.15) is 13.2 Å². The molecule has 1 amide bonds. The number of alkyl halides is 3. The summed E-state index contributed by atoms with van der Waals surface area (Å²) in [5.74, 6) is 1.46. The number of amides is 1. The smallest absolute Gasteiger partial charge is 0.446 e. The molecular weight excluding hydrogens is 529 g/mol. The van der Waals surface area contributed by atoms with Gasteiger partial charge in [-0.25, -0.2) is 4.79 Å². The first-order valence-corrected chi connectivity index (χ1v) is 13.1.